The SMILES string of the molecule is CCCCCNC(c1ccc(Cl)cc1Cl)C(CN(CCCCC)S(=O)(=O)c1ccccc1)C(=O)O. The molecule has 0 heterocycles. The van der Waals surface area contributed by atoms with E-state index in [0.717, 1.165) is 32.1 Å². The van der Waals surface area contributed by atoms with Gasteiger partial charge in [0.1, 0.15) is 0 Å². The van der Waals surface area contributed by atoms with Crippen molar-refractivity contribution < 1.29 is 18.3 Å². The summed E-state index contributed by atoms with van der Waals surface area (Å²) in [5.74, 6) is -2.15. The lowest BCUT2D eigenvalue weighted by Gasteiger charge is -2.31. The molecule has 2 rings (SSSR count). The molecule has 2 aromatic carbocycles. The minimum atomic E-state index is -3.88. The molecule has 2 atom stereocenters. The number of nitrogens with zero attached hydrogens (tertiary/aromatic N) is 1. The van der Waals surface area contributed by atoms with Gasteiger partial charge in [0, 0.05) is 29.2 Å². The van der Waals surface area contributed by atoms with Crippen LogP contribution in [0.5, 0.6) is 0 Å². The van der Waals surface area contributed by atoms with Crippen molar-refractivity contribution in [2.75, 3.05) is 19.6 Å². The molecular formula is C26H36Cl2N2O4S. The third-order valence-electron chi connectivity index (χ3n) is 5.95. The van der Waals surface area contributed by atoms with E-state index in [0.29, 0.717) is 28.6 Å². The molecule has 0 fully saturated rings. The summed E-state index contributed by atoms with van der Waals surface area (Å²) < 4.78 is 28.4. The van der Waals surface area contributed by atoms with Crippen molar-refractivity contribution in [3.05, 3.63) is 64.1 Å². The number of carboxylic acid groups (broad SMARTS) is 1. The maximum atomic E-state index is 13.5. The Labute approximate surface area is 219 Å². The number of hydrogen-bond acceptors (Lipinski definition) is 4. The molecule has 0 radical (unpaired) electrons. The van der Waals surface area contributed by atoms with Crippen molar-refractivity contribution in [3.63, 3.8) is 0 Å². The maximum absolute atomic E-state index is 13.5. The summed E-state index contributed by atoms with van der Waals surface area (Å²) in [5, 5.41) is 14.4. The summed E-state index contributed by atoms with van der Waals surface area (Å²) in [6, 6.07) is 12.4. The van der Waals surface area contributed by atoms with Gasteiger partial charge < -0.3 is 10.4 Å². The Morgan fingerprint density at radius 1 is 1.00 bits per heavy atom. The Balaban J connectivity index is 2.45. The lowest BCUT2D eigenvalue weighted by Crippen LogP contribution is -2.44. The minimum absolute atomic E-state index is 0.151. The van der Waals surface area contributed by atoms with Crippen LogP contribution in [-0.2, 0) is 14.8 Å². The maximum Gasteiger partial charge on any atom is 0.309 e. The number of aliphatic carboxylic acids is 1. The van der Waals surface area contributed by atoms with Gasteiger partial charge in [0.25, 0.3) is 0 Å². The first-order chi connectivity index (χ1) is 16.7. The predicted octanol–water partition coefficient (Wildman–Crippen LogP) is 6.40. The van der Waals surface area contributed by atoms with Crippen molar-refractivity contribution in [3.8, 4) is 0 Å². The number of benzene rings is 2. The molecule has 0 amide bonds. The second kappa shape index (κ2) is 14.8. The second-order valence-electron chi connectivity index (χ2n) is 8.63. The number of halogens is 2. The van der Waals surface area contributed by atoms with E-state index in [2.05, 4.69) is 12.2 Å². The van der Waals surface area contributed by atoms with Crippen LogP contribution in [-0.4, -0.2) is 43.4 Å². The quantitative estimate of drug-likeness (QED) is 0.240. The van der Waals surface area contributed by atoms with Crippen LogP contribution >= 0.6 is 23.2 Å². The molecular weight excluding hydrogens is 507 g/mol. The molecule has 0 aromatic heterocycles. The first-order valence-electron chi connectivity index (χ1n) is 12.2. The number of nitrogens with one attached hydrogen (secondary N) is 1. The Hall–Kier alpha value is -1.64. The molecule has 0 aliphatic rings. The van der Waals surface area contributed by atoms with Crippen LogP contribution in [0.4, 0.5) is 0 Å². The normalized spacial score (nSPS) is 13.6. The van der Waals surface area contributed by atoms with Gasteiger partial charge >= 0.3 is 5.97 Å². The first kappa shape index (κ1) is 29.6. The third-order valence-corrected chi connectivity index (χ3v) is 8.40. The molecule has 194 valence electrons. The molecule has 0 saturated heterocycles. The van der Waals surface area contributed by atoms with Gasteiger partial charge in [-0.05, 0) is 49.2 Å². The van der Waals surface area contributed by atoms with E-state index in [1.807, 2.05) is 6.92 Å². The molecule has 2 aromatic rings. The molecule has 0 aliphatic carbocycles. The summed E-state index contributed by atoms with van der Waals surface area (Å²) >= 11 is 12.6. The molecule has 0 saturated carbocycles. The number of sulfonamides is 1. The highest BCUT2D eigenvalue weighted by Crippen LogP contribution is 2.32. The average Bonchev–Trinajstić information content (AvgIpc) is 2.83. The molecule has 0 bridgehead atoms. The van der Waals surface area contributed by atoms with E-state index in [1.165, 1.54) is 16.4 Å². The van der Waals surface area contributed by atoms with E-state index in [9.17, 15) is 18.3 Å². The molecule has 0 spiro atoms. The van der Waals surface area contributed by atoms with E-state index in [4.69, 9.17) is 23.2 Å². The lowest BCUT2D eigenvalue weighted by molar-refractivity contribution is -0.143. The fourth-order valence-corrected chi connectivity index (χ4v) is 6.04. The highest BCUT2D eigenvalue weighted by molar-refractivity contribution is 7.89. The van der Waals surface area contributed by atoms with Crippen LogP contribution < -0.4 is 5.32 Å². The third kappa shape index (κ3) is 8.76. The predicted molar refractivity (Wildman–Crippen MR) is 143 cm³/mol. The zero-order chi connectivity index (χ0) is 25.8. The minimum Gasteiger partial charge on any atom is -0.481 e. The van der Waals surface area contributed by atoms with Crippen LogP contribution in [0.25, 0.3) is 0 Å². The van der Waals surface area contributed by atoms with Gasteiger partial charge in [0.05, 0.1) is 10.8 Å². The summed E-state index contributed by atoms with van der Waals surface area (Å²) in [6.07, 6.45) is 5.30. The van der Waals surface area contributed by atoms with Crippen LogP contribution in [0.3, 0.4) is 0 Å². The van der Waals surface area contributed by atoms with E-state index < -0.39 is 28.0 Å². The molecule has 0 aliphatic heterocycles. The molecule has 35 heavy (non-hydrogen) atoms. The lowest BCUT2D eigenvalue weighted by atomic mass is 9.92. The van der Waals surface area contributed by atoms with E-state index in [1.54, 1.807) is 36.4 Å². The highest BCUT2D eigenvalue weighted by Gasteiger charge is 2.36. The van der Waals surface area contributed by atoms with Gasteiger partial charge in [0.15, 0.2) is 0 Å². The van der Waals surface area contributed by atoms with Crippen molar-refractivity contribution in [2.24, 2.45) is 5.92 Å². The fourth-order valence-electron chi connectivity index (χ4n) is 3.99. The molecule has 6 nitrogen and oxygen atoms in total. The summed E-state index contributed by atoms with van der Waals surface area (Å²) in [4.78, 5) is 12.7. The Kier molecular flexibility index (Phi) is 12.5. The number of carbonyl (C=O) groups is 1. The highest BCUT2D eigenvalue weighted by atomic mass is 35.5. The van der Waals surface area contributed by atoms with Crippen LogP contribution in [0.1, 0.15) is 64.0 Å². The zero-order valence-corrected chi connectivity index (χ0v) is 22.7. The van der Waals surface area contributed by atoms with Crippen LogP contribution in [0.15, 0.2) is 53.4 Å². The second-order valence-corrected chi connectivity index (χ2v) is 11.4. The molecule has 2 unspecified atom stereocenters. The van der Waals surface area contributed by atoms with Crippen molar-refractivity contribution >= 4 is 39.2 Å². The van der Waals surface area contributed by atoms with Gasteiger partial charge in [-0.15, -0.1) is 0 Å². The smallest absolute Gasteiger partial charge is 0.309 e. The standard InChI is InChI=1S/C26H36Cl2N2O4S/c1-3-5-10-16-29-25(22-15-14-20(27)18-24(22)28)23(26(31)32)19-30(17-11-6-4-2)35(33,34)21-12-8-7-9-13-21/h7-9,12-15,18,23,25,29H,3-6,10-11,16-17,19H2,1-2H3,(H,31,32). The Bertz CT molecular complexity index is 1030. The van der Waals surface area contributed by atoms with Gasteiger partial charge in [-0.3, -0.25) is 4.79 Å². The fraction of sp³-hybridized carbons (Fsp3) is 0.500. The van der Waals surface area contributed by atoms with E-state index >= 15 is 0 Å². The van der Waals surface area contributed by atoms with Gasteiger partial charge in [0.2, 0.25) is 10.0 Å². The van der Waals surface area contributed by atoms with Crippen molar-refractivity contribution in [1.29, 1.82) is 0 Å². The van der Waals surface area contributed by atoms with Crippen molar-refractivity contribution in [1.82, 2.24) is 9.62 Å². The number of rotatable bonds is 16. The molecule has 9 heteroatoms. The Morgan fingerprint density at radius 2 is 1.66 bits per heavy atom. The van der Waals surface area contributed by atoms with Gasteiger partial charge in [-0.2, -0.15) is 4.31 Å². The first-order valence-corrected chi connectivity index (χ1v) is 14.4. The van der Waals surface area contributed by atoms with Crippen molar-refractivity contribution in [2.45, 2.75) is 63.3 Å². The van der Waals surface area contributed by atoms with Gasteiger partial charge in [-0.25, -0.2) is 8.42 Å². The van der Waals surface area contributed by atoms with E-state index in [-0.39, 0.29) is 18.0 Å². The van der Waals surface area contributed by atoms with Crippen LogP contribution in [0.2, 0.25) is 10.0 Å². The van der Waals surface area contributed by atoms with Crippen LogP contribution in [0, 0.1) is 5.92 Å². The zero-order valence-electron chi connectivity index (χ0n) is 20.4. The summed E-state index contributed by atoms with van der Waals surface area (Å²) in [5.41, 5.74) is 0.589. The molecule has 2 N–H and O–H groups in total. The number of carboxylic acids is 1. The summed E-state index contributed by atoms with van der Waals surface area (Å²) in [7, 11) is -3.88. The summed E-state index contributed by atoms with van der Waals surface area (Å²) in [6.45, 7) is 4.78. The largest absolute Gasteiger partial charge is 0.481 e. The monoisotopic (exact) mass is 542 g/mol. The van der Waals surface area contributed by atoms with Gasteiger partial charge in [-0.1, -0.05) is 87.0 Å². The number of hydrogen-bond donors (Lipinski definition) is 2. The Morgan fingerprint density at radius 3 is 2.26 bits per heavy atom. The topological polar surface area (TPSA) is 86.7 Å². The average molecular weight is 544 g/mol. The number of unbranched alkanes of at least 4 members (excludes halogenated alkanes) is 4.